The Morgan fingerprint density at radius 2 is 1.71 bits per heavy atom. The molecule has 0 saturated carbocycles. The lowest BCUT2D eigenvalue weighted by Crippen LogP contribution is -2.47. The number of rotatable bonds is 8. The molecule has 0 aromatic heterocycles. The lowest BCUT2D eigenvalue weighted by Gasteiger charge is -2.42. The van der Waals surface area contributed by atoms with Gasteiger partial charge in [-0.1, -0.05) is 42.5 Å². The van der Waals surface area contributed by atoms with Gasteiger partial charge in [0.05, 0.1) is 25.7 Å². The lowest BCUT2D eigenvalue weighted by atomic mass is 9.79. The molecule has 2 amide bonds. The van der Waals surface area contributed by atoms with Crippen LogP contribution in [0, 0.1) is 5.82 Å². The molecule has 0 bridgehead atoms. The Morgan fingerprint density at radius 1 is 1.00 bits per heavy atom. The number of amides is 2. The first-order valence-electron chi connectivity index (χ1n) is 11.1. The minimum Gasteiger partial charge on any atom is -0.497 e. The highest BCUT2D eigenvalue weighted by atomic mass is 19.1. The average Bonchev–Trinajstić information content (AvgIpc) is 2.87. The number of carbonyl (C=O) groups excluding carboxylic acids is 2. The fraction of sp³-hybridized carbons (Fsp3) is 0.259. The van der Waals surface area contributed by atoms with E-state index in [1.807, 2.05) is 36.4 Å². The Labute approximate surface area is 198 Å². The van der Waals surface area contributed by atoms with Gasteiger partial charge in [0.2, 0.25) is 5.91 Å². The molecular formula is C27H27FN2O4. The third kappa shape index (κ3) is 4.79. The number of nitrogens with one attached hydrogen (secondary N) is 1. The number of carbonyl (C=O) groups is 2. The Hall–Kier alpha value is -3.71. The SMILES string of the molecule is COCCNC(=O)[C@@H]1c2ccccc2C(=O)N(Cc2ccc(F)cc2)[C@@H]1c1ccc(OC)cc1. The van der Waals surface area contributed by atoms with E-state index in [1.165, 1.54) is 12.1 Å². The molecule has 0 unspecified atom stereocenters. The fourth-order valence-electron chi connectivity index (χ4n) is 4.40. The molecule has 2 atom stereocenters. The van der Waals surface area contributed by atoms with Gasteiger partial charge in [-0.2, -0.15) is 0 Å². The Balaban J connectivity index is 1.82. The predicted octanol–water partition coefficient (Wildman–Crippen LogP) is 4.08. The first-order chi connectivity index (χ1) is 16.5. The van der Waals surface area contributed by atoms with Gasteiger partial charge >= 0.3 is 0 Å². The van der Waals surface area contributed by atoms with Crippen molar-refractivity contribution in [1.29, 1.82) is 0 Å². The second-order valence-electron chi connectivity index (χ2n) is 8.13. The van der Waals surface area contributed by atoms with Crippen LogP contribution in [0.2, 0.25) is 0 Å². The molecule has 0 fully saturated rings. The quantitative estimate of drug-likeness (QED) is 0.513. The molecule has 0 saturated heterocycles. The summed E-state index contributed by atoms with van der Waals surface area (Å²) in [5.74, 6) is -0.679. The van der Waals surface area contributed by atoms with Gasteiger partial charge in [0.15, 0.2) is 0 Å². The normalized spacial score (nSPS) is 17.3. The zero-order chi connectivity index (χ0) is 24.1. The third-order valence-electron chi connectivity index (χ3n) is 6.05. The van der Waals surface area contributed by atoms with Gasteiger partial charge in [-0.25, -0.2) is 4.39 Å². The largest absolute Gasteiger partial charge is 0.497 e. The van der Waals surface area contributed by atoms with Crippen molar-refractivity contribution in [1.82, 2.24) is 10.2 Å². The molecule has 1 heterocycles. The highest BCUT2D eigenvalue weighted by Crippen LogP contribution is 2.43. The molecular weight excluding hydrogens is 435 g/mol. The molecule has 4 rings (SSSR count). The highest BCUT2D eigenvalue weighted by Gasteiger charge is 2.44. The summed E-state index contributed by atoms with van der Waals surface area (Å²) in [4.78, 5) is 28.9. The van der Waals surface area contributed by atoms with E-state index in [4.69, 9.17) is 9.47 Å². The van der Waals surface area contributed by atoms with E-state index in [9.17, 15) is 14.0 Å². The van der Waals surface area contributed by atoms with Crippen molar-refractivity contribution in [2.75, 3.05) is 27.4 Å². The van der Waals surface area contributed by atoms with E-state index >= 15 is 0 Å². The van der Waals surface area contributed by atoms with Crippen LogP contribution >= 0.6 is 0 Å². The Morgan fingerprint density at radius 3 is 2.38 bits per heavy atom. The molecule has 34 heavy (non-hydrogen) atoms. The molecule has 6 nitrogen and oxygen atoms in total. The first-order valence-corrected chi connectivity index (χ1v) is 11.1. The average molecular weight is 463 g/mol. The zero-order valence-corrected chi connectivity index (χ0v) is 19.2. The maximum atomic E-state index is 13.7. The molecule has 176 valence electrons. The zero-order valence-electron chi connectivity index (χ0n) is 19.2. The fourth-order valence-corrected chi connectivity index (χ4v) is 4.40. The molecule has 0 radical (unpaired) electrons. The monoisotopic (exact) mass is 462 g/mol. The van der Waals surface area contributed by atoms with Crippen molar-refractivity contribution in [3.8, 4) is 5.75 Å². The van der Waals surface area contributed by atoms with Crippen LogP contribution in [-0.2, 0) is 16.1 Å². The second-order valence-corrected chi connectivity index (χ2v) is 8.13. The molecule has 3 aromatic carbocycles. The summed E-state index contributed by atoms with van der Waals surface area (Å²) in [6.07, 6.45) is 0. The number of nitrogens with zero attached hydrogens (tertiary/aromatic N) is 1. The van der Waals surface area contributed by atoms with Crippen molar-refractivity contribution in [3.05, 3.63) is 101 Å². The van der Waals surface area contributed by atoms with Crippen LogP contribution in [0.4, 0.5) is 4.39 Å². The lowest BCUT2D eigenvalue weighted by molar-refractivity contribution is -0.124. The van der Waals surface area contributed by atoms with Crippen molar-refractivity contribution >= 4 is 11.8 Å². The summed E-state index contributed by atoms with van der Waals surface area (Å²) in [7, 11) is 3.16. The topological polar surface area (TPSA) is 67.9 Å². The number of ether oxygens (including phenoxy) is 2. The number of benzene rings is 3. The van der Waals surface area contributed by atoms with Crippen LogP contribution in [0.25, 0.3) is 0 Å². The maximum absolute atomic E-state index is 13.7. The molecule has 0 aliphatic carbocycles. The molecule has 3 aromatic rings. The number of hydrogen-bond donors (Lipinski definition) is 1. The summed E-state index contributed by atoms with van der Waals surface area (Å²) in [6, 6.07) is 20.1. The van der Waals surface area contributed by atoms with Crippen molar-refractivity contribution < 1.29 is 23.5 Å². The number of hydrogen-bond acceptors (Lipinski definition) is 4. The van der Waals surface area contributed by atoms with Crippen molar-refractivity contribution in [3.63, 3.8) is 0 Å². The summed E-state index contributed by atoms with van der Waals surface area (Å²) in [5, 5.41) is 2.95. The minimum atomic E-state index is -0.639. The third-order valence-corrected chi connectivity index (χ3v) is 6.05. The first kappa shape index (κ1) is 23.4. The molecule has 1 aliphatic rings. The van der Waals surface area contributed by atoms with Crippen LogP contribution in [0.1, 0.15) is 39.0 Å². The van der Waals surface area contributed by atoms with Crippen molar-refractivity contribution in [2.24, 2.45) is 0 Å². The van der Waals surface area contributed by atoms with E-state index in [0.29, 0.717) is 30.0 Å². The van der Waals surface area contributed by atoms with Crippen LogP contribution in [-0.4, -0.2) is 44.1 Å². The van der Waals surface area contributed by atoms with Crippen LogP contribution in [0.5, 0.6) is 5.75 Å². The standard InChI is InChI=1S/C27H27FN2O4/c1-33-16-15-29-26(31)24-22-5-3-4-6-23(22)27(32)30(17-18-7-11-20(28)12-8-18)25(24)19-9-13-21(34-2)14-10-19/h3-14,24-25H,15-17H2,1-2H3,(H,29,31)/t24-,25-/m1/s1. The summed E-state index contributed by atoms with van der Waals surface area (Å²) < 4.78 is 23.9. The smallest absolute Gasteiger partial charge is 0.255 e. The minimum absolute atomic E-state index is 0.179. The molecule has 1 aliphatic heterocycles. The molecule has 0 spiro atoms. The second kappa shape index (κ2) is 10.5. The van der Waals surface area contributed by atoms with E-state index in [-0.39, 0.29) is 24.2 Å². The van der Waals surface area contributed by atoms with E-state index in [2.05, 4.69) is 5.32 Å². The van der Waals surface area contributed by atoms with Crippen LogP contribution in [0.3, 0.4) is 0 Å². The van der Waals surface area contributed by atoms with E-state index < -0.39 is 12.0 Å². The van der Waals surface area contributed by atoms with E-state index in [1.54, 1.807) is 43.4 Å². The molecule has 7 heteroatoms. The Kier molecular flexibility index (Phi) is 7.23. The summed E-state index contributed by atoms with van der Waals surface area (Å²) in [5.41, 5.74) is 2.74. The molecule has 1 N–H and O–H groups in total. The van der Waals surface area contributed by atoms with Crippen LogP contribution in [0.15, 0.2) is 72.8 Å². The summed E-state index contributed by atoms with van der Waals surface area (Å²) in [6.45, 7) is 0.965. The van der Waals surface area contributed by atoms with Gasteiger partial charge in [-0.05, 0) is 47.0 Å². The maximum Gasteiger partial charge on any atom is 0.255 e. The summed E-state index contributed by atoms with van der Waals surface area (Å²) >= 11 is 0. The van der Waals surface area contributed by atoms with E-state index in [0.717, 1.165) is 11.1 Å². The highest BCUT2D eigenvalue weighted by molar-refractivity contribution is 6.01. The van der Waals surface area contributed by atoms with Gasteiger partial charge in [-0.15, -0.1) is 0 Å². The van der Waals surface area contributed by atoms with Crippen LogP contribution < -0.4 is 10.1 Å². The Bertz CT molecular complexity index is 1150. The van der Waals surface area contributed by atoms with Crippen molar-refractivity contribution in [2.45, 2.75) is 18.5 Å². The number of halogens is 1. The van der Waals surface area contributed by atoms with Gasteiger partial charge in [0, 0.05) is 25.8 Å². The number of methoxy groups -OCH3 is 2. The van der Waals surface area contributed by atoms with Gasteiger partial charge in [0.25, 0.3) is 5.91 Å². The van der Waals surface area contributed by atoms with Gasteiger partial charge in [-0.3, -0.25) is 9.59 Å². The number of fused-ring (bicyclic) bond motifs is 1. The van der Waals surface area contributed by atoms with Gasteiger partial charge < -0.3 is 19.7 Å². The predicted molar refractivity (Wildman–Crippen MR) is 126 cm³/mol. The van der Waals surface area contributed by atoms with Gasteiger partial charge in [0.1, 0.15) is 11.6 Å².